The average molecular weight is 485 g/mol. The molecule has 0 unspecified atom stereocenters. The maximum absolute atomic E-state index is 13.6. The molecule has 0 aliphatic heterocycles. The van der Waals surface area contributed by atoms with Crippen molar-refractivity contribution in [2.45, 2.75) is 37.6 Å². The highest BCUT2D eigenvalue weighted by Gasteiger charge is 2.19. The summed E-state index contributed by atoms with van der Waals surface area (Å²) >= 11 is 6.74. The lowest BCUT2D eigenvalue weighted by Gasteiger charge is -2.12. The second-order valence-corrected chi connectivity index (χ2v) is 9.81. The molecular weight excluding hydrogens is 464 g/mol. The largest absolute Gasteiger partial charge is 0.268 e. The van der Waals surface area contributed by atoms with Crippen molar-refractivity contribution in [3.05, 3.63) is 85.4 Å². The number of para-hydroxylation sites is 1. The van der Waals surface area contributed by atoms with E-state index in [1.54, 1.807) is 27.7 Å². The van der Waals surface area contributed by atoms with Crippen LogP contribution in [0.1, 0.15) is 29.3 Å². The standard InChI is InChI=1S/C23H21BrN2OS2/c1-3-7-19-15(2)20-21(29-19)25-23(28-14-16-10-12-17(24)13-11-16)26(22(20)27)18-8-5-4-6-9-18/h4-6,8-13H,3,7,14H2,1-2H3. The molecule has 0 bridgehead atoms. The van der Waals surface area contributed by atoms with Gasteiger partial charge in [-0.25, -0.2) is 4.98 Å². The maximum atomic E-state index is 13.6. The zero-order valence-corrected chi connectivity index (χ0v) is 19.5. The molecule has 0 saturated carbocycles. The van der Waals surface area contributed by atoms with E-state index in [4.69, 9.17) is 4.98 Å². The monoisotopic (exact) mass is 484 g/mol. The normalized spacial score (nSPS) is 11.3. The molecule has 0 aliphatic rings. The number of halogens is 1. The summed E-state index contributed by atoms with van der Waals surface area (Å²) in [5.74, 6) is 0.754. The SMILES string of the molecule is CCCc1sc2nc(SCc3ccc(Br)cc3)n(-c3ccccc3)c(=O)c2c1C. The lowest BCUT2D eigenvalue weighted by molar-refractivity contribution is 0.821. The number of thiophene rings is 1. The Morgan fingerprint density at radius 1 is 1.10 bits per heavy atom. The Hall–Kier alpha value is -1.89. The Morgan fingerprint density at radius 2 is 1.83 bits per heavy atom. The first-order chi connectivity index (χ1) is 14.1. The first-order valence-electron chi connectivity index (χ1n) is 9.56. The smallest absolute Gasteiger partial charge is 0.267 e. The van der Waals surface area contributed by atoms with E-state index in [-0.39, 0.29) is 5.56 Å². The Balaban J connectivity index is 1.84. The van der Waals surface area contributed by atoms with Crippen molar-refractivity contribution < 1.29 is 0 Å². The molecule has 148 valence electrons. The van der Waals surface area contributed by atoms with E-state index in [1.807, 2.05) is 42.5 Å². The summed E-state index contributed by atoms with van der Waals surface area (Å²) in [7, 11) is 0. The van der Waals surface area contributed by atoms with Crippen LogP contribution in [0.5, 0.6) is 0 Å². The van der Waals surface area contributed by atoms with Crippen LogP contribution < -0.4 is 5.56 Å². The molecule has 0 atom stereocenters. The minimum Gasteiger partial charge on any atom is -0.268 e. The van der Waals surface area contributed by atoms with Crippen molar-refractivity contribution in [2.75, 3.05) is 0 Å². The molecule has 29 heavy (non-hydrogen) atoms. The van der Waals surface area contributed by atoms with Gasteiger partial charge in [-0.15, -0.1) is 11.3 Å². The van der Waals surface area contributed by atoms with Crippen LogP contribution in [0.3, 0.4) is 0 Å². The van der Waals surface area contributed by atoms with Crippen molar-refractivity contribution in [2.24, 2.45) is 0 Å². The third-order valence-electron chi connectivity index (χ3n) is 4.81. The van der Waals surface area contributed by atoms with Gasteiger partial charge in [-0.05, 0) is 48.7 Å². The van der Waals surface area contributed by atoms with Crippen LogP contribution in [-0.2, 0) is 12.2 Å². The molecule has 3 nitrogen and oxygen atoms in total. The Kier molecular flexibility index (Phi) is 6.23. The maximum Gasteiger partial charge on any atom is 0.267 e. The molecule has 0 spiro atoms. The van der Waals surface area contributed by atoms with Crippen LogP contribution in [0, 0.1) is 6.92 Å². The molecule has 2 heterocycles. The zero-order valence-electron chi connectivity index (χ0n) is 16.3. The quantitative estimate of drug-likeness (QED) is 0.224. The number of aromatic nitrogens is 2. The second-order valence-electron chi connectivity index (χ2n) is 6.87. The molecule has 0 amide bonds. The van der Waals surface area contributed by atoms with Gasteiger partial charge in [0.1, 0.15) is 4.83 Å². The number of hydrogen-bond acceptors (Lipinski definition) is 4. The summed E-state index contributed by atoms with van der Waals surface area (Å²) in [5, 5.41) is 1.50. The Bertz CT molecular complexity index is 1200. The molecule has 0 aliphatic carbocycles. The van der Waals surface area contributed by atoms with Crippen LogP contribution in [0.25, 0.3) is 15.9 Å². The van der Waals surface area contributed by atoms with Crippen LogP contribution in [0.4, 0.5) is 0 Å². The fraction of sp³-hybridized carbons (Fsp3) is 0.217. The van der Waals surface area contributed by atoms with Gasteiger partial charge < -0.3 is 0 Å². The van der Waals surface area contributed by atoms with E-state index in [0.29, 0.717) is 0 Å². The van der Waals surface area contributed by atoms with E-state index < -0.39 is 0 Å². The molecule has 4 rings (SSSR count). The number of rotatable bonds is 6. The minimum atomic E-state index is 0.0237. The number of aryl methyl sites for hydroxylation is 2. The van der Waals surface area contributed by atoms with Gasteiger partial charge in [0.2, 0.25) is 0 Å². The summed E-state index contributed by atoms with van der Waals surface area (Å²) in [4.78, 5) is 20.6. The molecule has 2 aromatic heterocycles. The summed E-state index contributed by atoms with van der Waals surface area (Å²) < 4.78 is 2.82. The fourth-order valence-electron chi connectivity index (χ4n) is 3.31. The summed E-state index contributed by atoms with van der Waals surface area (Å²) in [6, 6.07) is 18.1. The van der Waals surface area contributed by atoms with Gasteiger partial charge in [0.25, 0.3) is 5.56 Å². The lowest BCUT2D eigenvalue weighted by Crippen LogP contribution is -2.21. The topological polar surface area (TPSA) is 34.9 Å². The van der Waals surface area contributed by atoms with Crippen LogP contribution in [-0.4, -0.2) is 9.55 Å². The van der Waals surface area contributed by atoms with Crippen molar-refractivity contribution in [1.29, 1.82) is 0 Å². The Labute approximate surface area is 186 Å². The molecule has 2 aromatic carbocycles. The van der Waals surface area contributed by atoms with Crippen molar-refractivity contribution in [1.82, 2.24) is 9.55 Å². The highest BCUT2D eigenvalue weighted by Crippen LogP contribution is 2.32. The number of benzene rings is 2. The predicted octanol–water partition coefficient (Wildman–Crippen LogP) is 6.76. The first kappa shape index (κ1) is 20.4. The molecule has 0 saturated heterocycles. The Morgan fingerprint density at radius 3 is 2.52 bits per heavy atom. The number of nitrogens with zero attached hydrogens (tertiary/aromatic N) is 2. The van der Waals surface area contributed by atoms with Gasteiger partial charge in [-0.1, -0.05) is 71.4 Å². The van der Waals surface area contributed by atoms with E-state index in [9.17, 15) is 4.79 Å². The summed E-state index contributed by atoms with van der Waals surface area (Å²) in [6.45, 7) is 4.22. The van der Waals surface area contributed by atoms with Crippen LogP contribution >= 0.6 is 39.0 Å². The first-order valence-corrected chi connectivity index (χ1v) is 12.2. The molecule has 0 radical (unpaired) electrons. The minimum absolute atomic E-state index is 0.0237. The van der Waals surface area contributed by atoms with Gasteiger partial charge in [0.05, 0.1) is 11.1 Å². The van der Waals surface area contributed by atoms with E-state index in [1.165, 1.54) is 10.4 Å². The van der Waals surface area contributed by atoms with Gasteiger partial charge in [-0.3, -0.25) is 9.36 Å². The molecule has 4 aromatic rings. The highest BCUT2D eigenvalue weighted by atomic mass is 79.9. The molecule has 6 heteroatoms. The zero-order chi connectivity index (χ0) is 20.4. The lowest BCUT2D eigenvalue weighted by atomic mass is 10.1. The van der Waals surface area contributed by atoms with Gasteiger partial charge in [0, 0.05) is 15.1 Å². The van der Waals surface area contributed by atoms with Gasteiger partial charge in [-0.2, -0.15) is 0 Å². The van der Waals surface area contributed by atoms with Crippen LogP contribution in [0.2, 0.25) is 0 Å². The highest BCUT2D eigenvalue weighted by molar-refractivity contribution is 9.10. The van der Waals surface area contributed by atoms with E-state index >= 15 is 0 Å². The predicted molar refractivity (Wildman–Crippen MR) is 128 cm³/mol. The molecule has 0 N–H and O–H groups in total. The second kappa shape index (κ2) is 8.86. The van der Waals surface area contributed by atoms with Gasteiger partial charge in [0.15, 0.2) is 5.16 Å². The fourth-order valence-corrected chi connectivity index (χ4v) is 5.86. The van der Waals surface area contributed by atoms with Crippen molar-refractivity contribution >= 4 is 49.2 Å². The molecule has 0 fully saturated rings. The van der Waals surface area contributed by atoms with Crippen molar-refractivity contribution in [3.63, 3.8) is 0 Å². The number of hydrogen-bond donors (Lipinski definition) is 0. The molecular formula is C23H21BrN2OS2. The van der Waals surface area contributed by atoms with Gasteiger partial charge >= 0.3 is 0 Å². The van der Waals surface area contributed by atoms with E-state index in [2.05, 4.69) is 41.9 Å². The van der Waals surface area contributed by atoms with Crippen molar-refractivity contribution in [3.8, 4) is 5.69 Å². The van der Waals surface area contributed by atoms with E-state index in [0.717, 1.165) is 49.7 Å². The summed E-state index contributed by atoms with van der Waals surface area (Å²) in [6.07, 6.45) is 2.05. The number of thioether (sulfide) groups is 1. The average Bonchev–Trinajstić information content (AvgIpc) is 3.04. The number of fused-ring (bicyclic) bond motifs is 1. The third kappa shape index (κ3) is 4.20. The third-order valence-corrected chi connectivity index (χ3v) is 7.59. The van der Waals surface area contributed by atoms with Crippen LogP contribution in [0.15, 0.2) is 69.0 Å². The summed E-state index contributed by atoms with van der Waals surface area (Å²) in [5.41, 5.74) is 3.16.